The lowest BCUT2D eigenvalue weighted by atomic mass is 10.0. The average molecular weight is 634 g/mol. The standard InChI is InChI=1S/C43H28FN5/c44-36-21-23-38(46-28-36)42-25-35(29-10-4-1-5-11-29)24-41(47-42)37-22-20-34(27-45-37)30-16-18-33(19-17-30)43-48-39(31-12-6-2-7-13-31)26-40(49-43)32-14-8-3-9-15-32/h1-28H. The summed E-state index contributed by atoms with van der Waals surface area (Å²) in [7, 11) is 0. The molecule has 8 rings (SSSR count). The van der Waals surface area contributed by atoms with Crippen LogP contribution in [0.3, 0.4) is 0 Å². The third-order valence-corrected chi connectivity index (χ3v) is 8.29. The van der Waals surface area contributed by atoms with E-state index >= 15 is 0 Å². The van der Waals surface area contributed by atoms with Gasteiger partial charge in [0.05, 0.1) is 40.4 Å². The fourth-order valence-electron chi connectivity index (χ4n) is 5.74. The predicted molar refractivity (Wildman–Crippen MR) is 193 cm³/mol. The highest BCUT2D eigenvalue weighted by Crippen LogP contribution is 2.31. The fourth-order valence-corrected chi connectivity index (χ4v) is 5.74. The van der Waals surface area contributed by atoms with Crippen molar-refractivity contribution in [1.29, 1.82) is 0 Å². The monoisotopic (exact) mass is 633 g/mol. The van der Waals surface area contributed by atoms with Crippen molar-refractivity contribution in [2.45, 2.75) is 0 Å². The molecule has 0 saturated heterocycles. The molecule has 0 radical (unpaired) electrons. The molecule has 0 unspecified atom stereocenters. The number of hydrogen-bond acceptors (Lipinski definition) is 5. The first-order valence-electron chi connectivity index (χ1n) is 15.9. The van der Waals surface area contributed by atoms with Crippen LogP contribution in [-0.2, 0) is 0 Å². The van der Waals surface area contributed by atoms with Gasteiger partial charge >= 0.3 is 0 Å². The Morgan fingerprint density at radius 3 is 1.29 bits per heavy atom. The maximum atomic E-state index is 13.6. The number of pyridine rings is 3. The second-order valence-corrected chi connectivity index (χ2v) is 11.6. The highest BCUT2D eigenvalue weighted by Gasteiger charge is 2.13. The zero-order valence-electron chi connectivity index (χ0n) is 26.3. The first kappa shape index (κ1) is 29.7. The van der Waals surface area contributed by atoms with Crippen LogP contribution < -0.4 is 0 Å². The van der Waals surface area contributed by atoms with Crippen molar-refractivity contribution in [1.82, 2.24) is 24.9 Å². The highest BCUT2D eigenvalue weighted by molar-refractivity contribution is 5.76. The number of rotatable bonds is 7. The summed E-state index contributed by atoms with van der Waals surface area (Å²) in [6.45, 7) is 0. The molecule has 4 aromatic carbocycles. The molecule has 0 amide bonds. The van der Waals surface area contributed by atoms with Gasteiger partial charge in [-0.3, -0.25) is 9.97 Å². The van der Waals surface area contributed by atoms with Gasteiger partial charge < -0.3 is 0 Å². The Morgan fingerprint density at radius 1 is 0.306 bits per heavy atom. The van der Waals surface area contributed by atoms with E-state index in [0.29, 0.717) is 22.9 Å². The second kappa shape index (κ2) is 13.2. The Morgan fingerprint density at radius 2 is 0.776 bits per heavy atom. The Kier molecular flexibility index (Phi) is 8.02. The number of aromatic nitrogens is 5. The van der Waals surface area contributed by atoms with Crippen LogP contribution >= 0.6 is 0 Å². The number of hydrogen-bond donors (Lipinski definition) is 0. The van der Waals surface area contributed by atoms with Crippen molar-refractivity contribution in [3.63, 3.8) is 0 Å². The van der Waals surface area contributed by atoms with E-state index in [1.165, 1.54) is 12.3 Å². The Balaban J connectivity index is 1.11. The van der Waals surface area contributed by atoms with Gasteiger partial charge in [-0.1, -0.05) is 121 Å². The van der Waals surface area contributed by atoms with E-state index in [4.69, 9.17) is 19.9 Å². The van der Waals surface area contributed by atoms with Crippen LogP contribution in [0, 0.1) is 5.82 Å². The van der Waals surface area contributed by atoms with Gasteiger partial charge in [-0.2, -0.15) is 0 Å². The topological polar surface area (TPSA) is 64.5 Å². The van der Waals surface area contributed by atoms with E-state index in [-0.39, 0.29) is 0 Å². The predicted octanol–water partition coefficient (Wildman–Crippen LogP) is 10.5. The molecule has 0 aliphatic heterocycles. The molecule has 0 atom stereocenters. The third kappa shape index (κ3) is 6.48. The molecule has 0 spiro atoms. The molecule has 232 valence electrons. The van der Waals surface area contributed by atoms with Gasteiger partial charge in [0.1, 0.15) is 5.82 Å². The largest absolute Gasteiger partial charge is 0.254 e. The second-order valence-electron chi connectivity index (χ2n) is 11.6. The molecule has 0 aliphatic rings. The van der Waals surface area contributed by atoms with Crippen LogP contribution in [-0.4, -0.2) is 24.9 Å². The molecule has 4 aromatic heterocycles. The van der Waals surface area contributed by atoms with Crippen LogP contribution in [0.2, 0.25) is 0 Å². The summed E-state index contributed by atoms with van der Waals surface area (Å²) in [6, 6.07) is 51.7. The SMILES string of the molecule is Fc1ccc(-c2cc(-c3ccccc3)cc(-c3ccc(-c4ccc(-c5nc(-c6ccccc6)cc(-c6ccccc6)n5)cc4)cn3)n2)nc1. The lowest BCUT2D eigenvalue weighted by Crippen LogP contribution is -1.96. The summed E-state index contributed by atoms with van der Waals surface area (Å²) < 4.78 is 13.6. The number of halogens is 1. The first-order chi connectivity index (χ1) is 24.2. The van der Waals surface area contributed by atoms with E-state index in [1.807, 2.05) is 103 Å². The van der Waals surface area contributed by atoms with Crippen molar-refractivity contribution in [2.24, 2.45) is 0 Å². The van der Waals surface area contributed by atoms with Gasteiger partial charge in [0.15, 0.2) is 5.82 Å². The van der Waals surface area contributed by atoms with Gasteiger partial charge in [0, 0.05) is 28.5 Å². The lowest BCUT2D eigenvalue weighted by Gasteiger charge is -2.11. The summed E-state index contributed by atoms with van der Waals surface area (Å²) in [5.74, 6) is 0.273. The van der Waals surface area contributed by atoms with Gasteiger partial charge in [-0.25, -0.2) is 19.3 Å². The van der Waals surface area contributed by atoms with Crippen molar-refractivity contribution < 1.29 is 4.39 Å². The smallest absolute Gasteiger partial charge is 0.160 e. The molecule has 49 heavy (non-hydrogen) atoms. The van der Waals surface area contributed by atoms with Crippen molar-refractivity contribution in [3.05, 3.63) is 176 Å². The quantitative estimate of drug-likeness (QED) is 0.175. The summed E-state index contributed by atoms with van der Waals surface area (Å²) in [5.41, 5.74) is 11.4. The van der Waals surface area contributed by atoms with Crippen LogP contribution in [0.4, 0.5) is 4.39 Å². The molecule has 6 heteroatoms. The van der Waals surface area contributed by atoms with E-state index < -0.39 is 5.82 Å². The van der Waals surface area contributed by atoms with E-state index in [1.54, 1.807) is 6.07 Å². The molecule has 4 heterocycles. The van der Waals surface area contributed by atoms with E-state index in [0.717, 1.165) is 56.0 Å². The Hall–Kier alpha value is -6.66. The van der Waals surface area contributed by atoms with Crippen LogP contribution in [0.1, 0.15) is 0 Å². The minimum Gasteiger partial charge on any atom is -0.254 e. The number of nitrogens with zero attached hydrogens (tertiary/aromatic N) is 5. The van der Waals surface area contributed by atoms with Crippen LogP contribution in [0.25, 0.3) is 78.9 Å². The van der Waals surface area contributed by atoms with Gasteiger partial charge in [-0.05, 0) is 53.1 Å². The molecule has 5 nitrogen and oxygen atoms in total. The Labute approximate surface area is 283 Å². The molecule has 0 bridgehead atoms. The molecule has 0 N–H and O–H groups in total. The zero-order chi connectivity index (χ0) is 33.0. The van der Waals surface area contributed by atoms with Crippen LogP contribution in [0.5, 0.6) is 0 Å². The van der Waals surface area contributed by atoms with Gasteiger partial charge in [0.25, 0.3) is 0 Å². The molecule has 0 saturated carbocycles. The normalized spacial score (nSPS) is 11.0. The molecular weight excluding hydrogens is 606 g/mol. The molecule has 0 aliphatic carbocycles. The minimum atomic E-state index is -0.390. The van der Waals surface area contributed by atoms with Crippen molar-refractivity contribution in [2.75, 3.05) is 0 Å². The summed E-state index contributed by atoms with van der Waals surface area (Å²) in [4.78, 5) is 23.9. The van der Waals surface area contributed by atoms with Crippen molar-refractivity contribution in [3.8, 4) is 78.9 Å². The average Bonchev–Trinajstić information content (AvgIpc) is 3.19. The summed E-state index contributed by atoms with van der Waals surface area (Å²) >= 11 is 0. The lowest BCUT2D eigenvalue weighted by molar-refractivity contribution is 0.622. The molecular formula is C43H28FN5. The molecule has 0 fully saturated rings. The van der Waals surface area contributed by atoms with Crippen molar-refractivity contribution >= 4 is 0 Å². The van der Waals surface area contributed by atoms with E-state index in [9.17, 15) is 4.39 Å². The van der Waals surface area contributed by atoms with Gasteiger partial charge in [0.2, 0.25) is 0 Å². The van der Waals surface area contributed by atoms with E-state index in [2.05, 4.69) is 53.5 Å². The van der Waals surface area contributed by atoms with Gasteiger partial charge in [-0.15, -0.1) is 0 Å². The van der Waals surface area contributed by atoms with Crippen LogP contribution in [0.15, 0.2) is 170 Å². The maximum absolute atomic E-state index is 13.6. The summed E-state index contributed by atoms with van der Waals surface area (Å²) in [6.07, 6.45) is 3.07. The fraction of sp³-hybridized carbons (Fsp3) is 0. The highest BCUT2D eigenvalue weighted by atomic mass is 19.1. The summed E-state index contributed by atoms with van der Waals surface area (Å²) in [5, 5.41) is 0. The third-order valence-electron chi connectivity index (χ3n) is 8.29. The maximum Gasteiger partial charge on any atom is 0.160 e. The number of benzene rings is 4. The minimum absolute atomic E-state index is 0.390. The molecule has 8 aromatic rings. The first-order valence-corrected chi connectivity index (χ1v) is 15.9. The Bertz CT molecular complexity index is 2290. The zero-order valence-corrected chi connectivity index (χ0v) is 26.3.